The van der Waals surface area contributed by atoms with Crippen LogP contribution in [0.2, 0.25) is 0 Å². The van der Waals surface area contributed by atoms with Gasteiger partial charge in [-0.1, -0.05) is 12.1 Å². The van der Waals surface area contributed by atoms with Gasteiger partial charge in [0.2, 0.25) is 5.91 Å². The number of hydrogen-bond donors (Lipinski definition) is 1. The van der Waals surface area contributed by atoms with Gasteiger partial charge in [0, 0.05) is 32.4 Å². The molecule has 0 aliphatic carbocycles. The Morgan fingerprint density at radius 2 is 2.19 bits per heavy atom. The van der Waals surface area contributed by atoms with Gasteiger partial charge in [-0.15, -0.1) is 0 Å². The highest BCUT2D eigenvalue weighted by Gasteiger charge is 2.36. The van der Waals surface area contributed by atoms with Crippen LogP contribution in [0, 0.1) is 10.1 Å². The smallest absolute Gasteiger partial charge is 0.294 e. The molecule has 9 nitrogen and oxygen atoms in total. The van der Waals surface area contributed by atoms with Crippen molar-refractivity contribution in [3.8, 4) is 0 Å². The molecular weight excluding hydrogens is 362 g/mol. The molecule has 1 heterocycles. The van der Waals surface area contributed by atoms with E-state index in [-0.39, 0.29) is 17.1 Å². The van der Waals surface area contributed by atoms with E-state index in [1.54, 1.807) is 13.2 Å². The van der Waals surface area contributed by atoms with Crippen molar-refractivity contribution < 1.29 is 24.0 Å². The Hall–Kier alpha value is -2.72. The van der Waals surface area contributed by atoms with Crippen molar-refractivity contribution in [1.82, 2.24) is 10.2 Å². The summed E-state index contributed by atoms with van der Waals surface area (Å²) in [5.74, 6) is -1.04. The number of thioether (sulfide) groups is 1. The second kappa shape index (κ2) is 9.11. The van der Waals surface area contributed by atoms with E-state index in [4.69, 9.17) is 4.74 Å². The summed E-state index contributed by atoms with van der Waals surface area (Å²) in [6.07, 6.45) is 2.02. The summed E-state index contributed by atoms with van der Waals surface area (Å²) in [4.78, 5) is 47.4. The Morgan fingerprint density at radius 3 is 2.88 bits per heavy atom. The van der Waals surface area contributed by atoms with Gasteiger partial charge in [0.05, 0.1) is 9.83 Å². The molecule has 2 rings (SSSR count). The second-order valence-corrected chi connectivity index (χ2v) is 6.31. The number of non-ortho nitro benzene ring substituents is 1. The number of carbonyl (C=O) groups is 3. The summed E-state index contributed by atoms with van der Waals surface area (Å²) >= 11 is 0.694. The summed E-state index contributed by atoms with van der Waals surface area (Å²) in [6, 6.07) is 5.71. The fourth-order valence-electron chi connectivity index (χ4n) is 2.16. The van der Waals surface area contributed by atoms with Crippen LogP contribution in [0.15, 0.2) is 29.2 Å². The van der Waals surface area contributed by atoms with Crippen molar-refractivity contribution in [2.24, 2.45) is 0 Å². The molecule has 0 atom stereocenters. The average Bonchev–Trinajstić information content (AvgIpc) is 2.86. The summed E-state index contributed by atoms with van der Waals surface area (Å²) < 4.78 is 4.86. The molecule has 0 bridgehead atoms. The number of benzene rings is 1. The number of nitro benzene ring substituents is 1. The van der Waals surface area contributed by atoms with E-state index in [0.29, 0.717) is 36.9 Å². The number of hydrogen-bond acceptors (Lipinski definition) is 7. The molecule has 1 saturated heterocycles. The van der Waals surface area contributed by atoms with Gasteiger partial charge in [-0.25, -0.2) is 0 Å². The first kappa shape index (κ1) is 19.6. The molecule has 3 amide bonds. The largest absolute Gasteiger partial charge is 0.385 e. The van der Waals surface area contributed by atoms with Crippen molar-refractivity contribution >= 4 is 40.6 Å². The van der Waals surface area contributed by atoms with Crippen molar-refractivity contribution in [1.29, 1.82) is 0 Å². The van der Waals surface area contributed by atoms with Gasteiger partial charge >= 0.3 is 0 Å². The van der Waals surface area contributed by atoms with E-state index in [2.05, 4.69) is 5.32 Å². The first-order valence-corrected chi connectivity index (χ1v) is 8.49. The number of ether oxygens (including phenoxy) is 1. The Morgan fingerprint density at radius 1 is 1.42 bits per heavy atom. The van der Waals surface area contributed by atoms with E-state index >= 15 is 0 Å². The molecule has 138 valence electrons. The lowest BCUT2D eigenvalue weighted by Crippen LogP contribution is -2.39. The quantitative estimate of drug-likeness (QED) is 0.316. The highest BCUT2D eigenvalue weighted by atomic mass is 32.2. The van der Waals surface area contributed by atoms with E-state index in [0.717, 1.165) is 4.90 Å². The number of imide groups is 1. The van der Waals surface area contributed by atoms with Crippen molar-refractivity contribution in [3.63, 3.8) is 0 Å². The Bertz CT molecular complexity index is 764. The molecule has 0 aromatic heterocycles. The predicted molar refractivity (Wildman–Crippen MR) is 95.3 cm³/mol. The van der Waals surface area contributed by atoms with Crippen molar-refractivity contribution in [2.75, 3.05) is 26.8 Å². The number of nitrogens with one attached hydrogen (secondary N) is 1. The molecule has 0 saturated carbocycles. The van der Waals surface area contributed by atoms with Gasteiger partial charge in [-0.3, -0.25) is 29.4 Å². The number of rotatable bonds is 8. The molecule has 0 spiro atoms. The van der Waals surface area contributed by atoms with Crippen LogP contribution >= 0.6 is 11.8 Å². The van der Waals surface area contributed by atoms with Gasteiger partial charge < -0.3 is 10.1 Å². The third-order valence-electron chi connectivity index (χ3n) is 3.40. The normalized spacial score (nSPS) is 15.6. The summed E-state index contributed by atoms with van der Waals surface area (Å²) in [6.45, 7) is 0.504. The molecule has 1 aromatic rings. The van der Waals surface area contributed by atoms with Gasteiger partial charge in [-0.05, 0) is 29.8 Å². The number of methoxy groups -OCH3 is 1. The Labute approximate surface area is 153 Å². The third-order valence-corrected chi connectivity index (χ3v) is 4.31. The minimum atomic E-state index is -0.599. The third kappa shape index (κ3) is 5.14. The Kier molecular flexibility index (Phi) is 6.87. The van der Waals surface area contributed by atoms with Gasteiger partial charge in [-0.2, -0.15) is 0 Å². The number of amides is 3. The molecule has 1 aromatic carbocycles. The lowest BCUT2D eigenvalue weighted by Gasteiger charge is -2.12. The first-order valence-electron chi connectivity index (χ1n) is 7.68. The summed E-state index contributed by atoms with van der Waals surface area (Å²) in [5, 5.41) is 12.8. The van der Waals surface area contributed by atoms with Crippen molar-refractivity contribution in [3.05, 3.63) is 44.8 Å². The molecule has 1 aliphatic heterocycles. The van der Waals surface area contributed by atoms with Crippen LogP contribution in [-0.2, 0) is 14.3 Å². The van der Waals surface area contributed by atoms with E-state index in [9.17, 15) is 24.5 Å². The van der Waals surface area contributed by atoms with E-state index in [1.807, 2.05) is 0 Å². The lowest BCUT2D eigenvalue weighted by atomic mass is 10.2. The second-order valence-electron chi connectivity index (χ2n) is 5.32. The standard InChI is InChI=1S/C16H17N3O6S/c1-25-7-3-6-17-14(20)10-18-15(21)13(26-16(18)22)9-11-4-2-5-12(8-11)19(23)24/h2,4-5,8-9H,3,6-7,10H2,1H3,(H,17,20)/b13-9-. The number of carbonyl (C=O) groups excluding carboxylic acids is 3. The van der Waals surface area contributed by atoms with Crippen LogP contribution in [0.3, 0.4) is 0 Å². The molecular formula is C16H17N3O6S. The molecule has 10 heteroatoms. The molecule has 26 heavy (non-hydrogen) atoms. The van der Waals surface area contributed by atoms with Crippen LogP contribution < -0.4 is 5.32 Å². The fourth-order valence-corrected chi connectivity index (χ4v) is 3.00. The molecule has 0 radical (unpaired) electrons. The van der Waals surface area contributed by atoms with Gasteiger partial charge in [0.25, 0.3) is 16.8 Å². The molecule has 1 N–H and O–H groups in total. The number of nitro groups is 1. The molecule has 1 aliphatic rings. The SMILES string of the molecule is COCCCNC(=O)CN1C(=O)S/C(=C\c2cccc([N+](=O)[O-])c2)C1=O. The predicted octanol–water partition coefficient (Wildman–Crippen LogP) is 1.78. The summed E-state index contributed by atoms with van der Waals surface area (Å²) in [7, 11) is 1.55. The zero-order chi connectivity index (χ0) is 19.1. The van der Waals surface area contributed by atoms with Crippen LogP contribution in [-0.4, -0.2) is 53.7 Å². The maximum absolute atomic E-state index is 12.3. The minimum absolute atomic E-state index is 0.114. The zero-order valence-corrected chi connectivity index (χ0v) is 14.8. The van der Waals surface area contributed by atoms with Crippen LogP contribution in [0.1, 0.15) is 12.0 Å². The summed E-state index contributed by atoms with van der Waals surface area (Å²) in [5.41, 5.74) is 0.308. The van der Waals surface area contributed by atoms with Gasteiger partial charge in [0.1, 0.15) is 6.54 Å². The van der Waals surface area contributed by atoms with Gasteiger partial charge in [0.15, 0.2) is 0 Å². The zero-order valence-electron chi connectivity index (χ0n) is 14.0. The maximum atomic E-state index is 12.3. The van der Waals surface area contributed by atoms with E-state index in [1.165, 1.54) is 24.3 Å². The highest BCUT2D eigenvalue weighted by molar-refractivity contribution is 8.18. The fraction of sp³-hybridized carbons (Fsp3) is 0.312. The minimum Gasteiger partial charge on any atom is -0.385 e. The van der Waals surface area contributed by atoms with E-state index < -0.39 is 22.0 Å². The lowest BCUT2D eigenvalue weighted by molar-refractivity contribution is -0.384. The van der Waals surface area contributed by atoms with Crippen LogP contribution in [0.25, 0.3) is 6.08 Å². The first-order chi connectivity index (χ1) is 12.4. The maximum Gasteiger partial charge on any atom is 0.294 e. The topological polar surface area (TPSA) is 119 Å². The molecule has 1 fully saturated rings. The van der Waals surface area contributed by atoms with Crippen LogP contribution in [0.5, 0.6) is 0 Å². The Balaban J connectivity index is 2.02. The van der Waals surface area contributed by atoms with Crippen LogP contribution in [0.4, 0.5) is 10.5 Å². The highest BCUT2D eigenvalue weighted by Crippen LogP contribution is 2.32. The number of nitrogens with zero attached hydrogens (tertiary/aromatic N) is 2. The average molecular weight is 379 g/mol. The van der Waals surface area contributed by atoms with Crippen molar-refractivity contribution in [2.45, 2.75) is 6.42 Å². The monoisotopic (exact) mass is 379 g/mol. The molecule has 0 unspecified atom stereocenters.